The van der Waals surface area contributed by atoms with Crippen molar-refractivity contribution in [2.24, 2.45) is 11.8 Å². The summed E-state index contributed by atoms with van der Waals surface area (Å²) in [5, 5.41) is 0. The molecule has 0 heterocycles. The first kappa shape index (κ1) is 13.0. The van der Waals surface area contributed by atoms with Crippen molar-refractivity contribution in [3.05, 3.63) is 36.0 Å². The van der Waals surface area contributed by atoms with Gasteiger partial charge in [-0.3, -0.25) is 4.79 Å². The van der Waals surface area contributed by atoms with E-state index in [-0.39, 0.29) is 5.92 Å². The van der Waals surface area contributed by atoms with Gasteiger partial charge in [-0.05, 0) is 52.0 Å². The Hall–Kier alpha value is -1.11. The van der Waals surface area contributed by atoms with Gasteiger partial charge in [-0.2, -0.15) is 0 Å². The Bertz CT molecular complexity index is 329. The SMILES string of the molecule is C=CC[C@H]1C[C@H](CC=C(C)C)C(=O)C=C1C. The van der Waals surface area contributed by atoms with Crippen LogP contribution in [0.1, 0.15) is 40.0 Å². The highest BCUT2D eigenvalue weighted by Crippen LogP contribution is 2.31. The predicted octanol–water partition coefficient (Wildman–Crippen LogP) is 4.07. The van der Waals surface area contributed by atoms with Crippen LogP contribution in [0.25, 0.3) is 0 Å². The van der Waals surface area contributed by atoms with Gasteiger partial charge >= 0.3 is 0 Å². The minimum absolute atomic E-state index is 0.184. The average Bonchev–Trinajstić information content (AvgIpc) is 2.20. The number of rotatable bonds is 4. The summed E-state index contributed by atoms with van der Waals surface area (Å²) in [5.74, 6) is 1.00. The molecule has 0 fully saturated rings. The summed E-state index contributed by atoms with van der Waals surface area (Å²) >= 11 is 0. The second-order valence-electron chi connectivity index (χ2n) is 4.96. The fourth-order valence-electron chi connectivity index (χ4n) is 2.18. The molecule has 0 unspecified atom stereocenters. The normalized spacial score (nSPS) is 24.9. The Labute approximate surface area is 98.9 Å². The van der Waals surface area contributed by atoms with Crippen LogP contribution in [0.4, 0.5) is 0 Å². The Kier molecular flexibility index (Phi) is 4.72. The van der Waals surface area contributed by atoms with Gasteiger partial charge in [0, 0.05) is 5.92 Å². The average molecular weight is 218 g/mol. The molecule has 16 heavy (non-hydrogen) atoms. The molecule has 1 aliphatic carbocycles. The molecule has 1 nitrogen and oxygen atoms in total. The largest absolute Gasteiger partial charge is 0.295 e. The molecule has 0 aromatic rings. The van der Waals surface area contributed by atoms with Gasteiger partial charge in [-0.15, -0.1) is 6.58 Å². The first-order valence-corrected chi connectivity index (χ1v) is 6.01. The fraction of sp³-hybridized carbons (Fsp3) is 0.533. The maximum absolute atomic E-state index is 11.8. The minimum Gasteiger partial charge on any atom is -0.295 e. The molecule has 1 rings (SSSR count). The molecule has 1 heteroatoms. The van der Waals surface area contributed by atoms with Crippen LogP contribution in [-0.4, -0.2) is 5.78 Å². The van der Waals surface area contributed by atoms with E-state index in [0.29, 0.717) is 11.7 Å². The minimum atomic E-state index is 0.184. The van der Waals surface area contributed by atoms with Crippen LogP contribution >= 0.6 is 0 Å². The summed E-state index contributed by atoms with van der Waals surface area (Å²) in [6, 6.07) is 0. The van der Waals surface area contributed by atoms with E-state index in [1.807, 2.05) is 12.2 Å². The van der Waals surface area contributed by atoms with Gasteiger partial charge < -0.3 is 0 Å². The van der Waals surface area contributed by atoms with Crippen LogP contribution in [0.15, 0.2) is 36.0 Å². The van der Waals surface area contributed by atoms with Gasteiger partial charge in [0.15, 0.2) is 5.78 Å². The lowest BCUT2D eigenvalue weighted by atomic mass is 9.78. The van der Waals surface area contributed by atoms with E-state index in [9.17, 15) is 4.79 Å². The highest BCUT2D eigenvalue weighted by molar-refractivity contribution is 5.93. The van der Waals surface area contributed by atoms with Crippen molar-refractivity contribution in [3.8, 4) is 0 Å². The Morgan fingerprint density at radius 2 is 2.12 bits per heavy atom. The molecule has 0 bridgehead atoms. The third-order valence-electron chi connectivity index (χ3n) is 3.25. The van der Waals surface area contributed by atoms with Crippen molar-refractivity contribution >= 4 is 5.78 Å². The van der Waals surface area contributed by atoms with Gasteiger partial charge in [0.25, 0.3) is 0 Å². The Balaban J connectivity index is 2.71. The topological polar surface area (TPSA) is 17.1 Å². The third-order valence-corrected chi connectivity index (χ3v) is 3.25. The van der Waals surface area contributed by atoms with Gasteiger partial charge in [-0.25, -0.2) is 0 Å². The van der Waals surface area contributed by atoms with Crippen LogP contribution in [0.2, 0.25) is 0 Å². The first-order valence-electron chi connectivity index (χ1n) is 6.01. The lowest BCUT2D eigenvalue weighted by Crippen LogP contribution is -2.22. The maximum Gasteiger partial charge on any atom is 0.159 e. The molecule has 0 spiro atoms. The van der Waals surface area contributed by atoms with E-state index in [1.54, 1.807) is 0 Å². The molecule has 1 aliphatic rings. The van der Waals surface area contributed by atoms with Crippen LogP contribution in [-0.2, 0) is 4.79 Å². The van der Waals surface area contributed by atoms with Gasteiger partial charge in [-0.1, -0.05) is 23.3 Å². The molecule has 0 aliphatic heterocycles. The van der Waals surface area contributed by atoms with E-state index in [0.717, 1.165) is 19.3 Å². The van der Waals surface area contributed by atoms with Crippen LogP contribution in [0.3, 0.4) is 0 Å². The summed E-state index contributed by atoms with van der Waals surface area (Å²) in [6.45, 7) is 10.0. The Morgan fingerprint density at radius 1 is 1.44 bits per heavy atom. The lowest BCUT2D eigenvalue weighted by molar-refractivity contribution is -0.119. The van der Waals surface area contributed by atoms with Crippen LogP contribution in [0.5, 0.6) is 0 Å². The van der Waals surface area contributed by atoms with Crippen molar-refractivity contribution in [3.63, 3.8) is 0 Å². The smallest absolute Gasteiger partial charge is 0.159 e. The maximum atomic E-state index is 11.8. The monoisotopic (exact) mass is 218 g/mol. The number of allylic oxidation sites excluding steroid dienone is 5. The summed E-state index contributed by atoms with van der Waals surface area (Å²) in [6.07, 6.45) is 8.81. The molecule has 2 atom stereocenters. The predicted molar refractivity (Wildman–Crippen MR) is 69.2 cm³/mol. The molecule has 0 radical (unpaired) electrons. The second kappa shape index (κ2) is 5.83. The molecule has 0 aromatic carbocycles. The molecule has 0 amide bonds. The lowest BCUT2D eigenvalue weighted by Gasteiger charge is -2.26. The number of carbonyl (C=O) groups is 1. The second-order valence-corrected chi connectivity index (χ2v) is 4.96. The van der Waals surface area contributed by atoms with Crippen molar-refractivity contribution in [2.75, 3.05) is 0 Å². The number of ketones is 1. The third kappa shape index (κ3) is 3.48. The van der Waals surface area contributed by atoms with E-state index >= 15 is 0 Å². The summed E-state index contributed by atoms with van der Waals surface area (Å²) in [5.41, 5.74) is 2.51. The van der Waals surface area contributed by atoms with Gasteiger partial charge in [0.1, 0.15) is 0 Å². The van der Waals surface area contributed by atoms with Crippen molar-refractivity contribution in [1.29, 1.82) is 0 Å². The van der Waals surface area contributed by atoms with Crippen LogP contribution in [0, 0.1) is 11.8 Å². The molecule has 0 saturated heterocycles. The molecule has 0 saturated carbocycles. The van der Waals surface area contributed by atoms with Crippen LogP contribution < -0.4 is 0 Å². The molecule has 0 N–H and O–H groups in total. The zero-order valence-electron chi connectivity index (χ0n) is 10.6. The number of hydrogen-bond donors (Lipinski definition) is 0. The van der Waals surface area contributed by atoms with Crippen molar-refractivity contribution in [1.82, 2.24) is 0 Å². The molecular weight excluding hydrogens is 196 g/mol. The highest BCUT2D eigenvalue weighted by atomic mass is 16.1. The van der Waals surface area contributed by atoms with E-state index < -0.39 is 0 Å². The van der Waals surface area contributed by atoms with Crippen molar-refractivity contribution < 1.29 is 4.79 Å². The summed E-state index contributed by atoms with van der Waals surface area (Å²) in [4.78, 5) is 11.8. The van der Waals surface area contributed by atoms with E-state index in [4.69, 9.17) is 0 Å². The summed E-state index contributed by atoms with van der Waals surface area (Å²) in [7, 11) is 0. The number of carbonyl (C=O) groups excluding carboxylic acids is 1. The molecular formula is C15H22O. The van der Waals surface area contributed by atoms with E-state index in [1.165, 1.54) is 11.1 Å². The zero-order chi connectivity index (χ0) is 12.1. The van der Waals surface area contributed by atoms with Gasteiger partial charge in [0.2, 0.25) is 0 Å². The fourth-order valence-corrected chi connectivity index (χ4v) is 2.18. The van der Waals surface area contributed by atoms with Gasteiger partial charge in [0.05, 0.1) is 0 Å². The zero-order valence-corrected chi connectivity index (χ0v) is 10.6. The number of hydrogen-bond acceptors (Lipinski definition) is 1. The van der Waals surface area contributed by atoms with E-state index in [2.05, 4.69) is 33.4 Å². The first-order chi connectivity index (χ1) is 7.54. The quantitative estimate of drug-likeness (QED) is 0.650. The molecule has 88 valence electrons. The Morgan fingerprint density at radius 3 is 2.69 bits per heavy atom. The standard InChI is InChI=1S/C15H22O/c1-5-6-13-10-14(8-7-11(2)3)15(16)9-12(13)4/h5,7,9,13-14H,1,6,8,10H2,2-4H3/t13-,14-/m0/s1. The highest BCUT2D eigenvalue weighted by Gasteiger charge is 2.26. The summed E-state index contributed by atoms with van der Waals surface area (Å²) < 4.78 is 0. The molecule has 0 aromatic heterocycles. The van der Waals surface area contributed by atoms with Crippen molar-refractivity contribution in [2.45, 2.75) is 40.0 Å².